The molecule has 1 N–H and O–H groups in total. The fourth-order valence-electron chi connectivity index (χ4n) is 3.24. The van der Waals surface area contributed by atoms with Gasteiger partial charge >= 0.3 is 0 Å². The van der Waals surface area contributed by atoms with Crippen LogP contribution in [0.3, 0.4) is 0 Å². The number of sulfonamides is 1. The maximum atomic E-state index is 12.8. The Bertz CT molecular complexity index is 862. The molecule has 0 spiro atoms. The maximum Gasteiger partial charge on any atom is 0.240 e. The van der Waals surface area contributed by atoms with Crippen LogP contribution in [0.25, 0.3) is 0 Å². The van der Waals surface area contributed by atoms with Gasteiger partial charge in [0.1, 0.15) is 19.0 Å². The van der Waals surface area contributed by atoms with E-state index in [4.69, 9.17) is 18.6 Å². The molecule has 0 amide bonds. The van der Waals surface area contributed by atoms with Crippen LogP contribution in [0.5, 0.6) is 11.5 Å². The molecule has 2 aromatic rings. The lowest BCUT2D eigenvalue weighted by molar-refractivity contribution is 0.0128. The Hall–Kier alpha value is -2.07. The fraction of sp³-hybridized carbons (Fsp3) is 0.444. The molecule has 0 radical (unpaired) electrons. The van der Waals surface area contributed by atoms with Crippen LogP contribution in [0, 0.1) is 0 Å². The van der Waals surface area contributed by atoms with Crippen molar-refractivity contribution in [3.05, 3.63) is 42.4 Å². The van der Waals surface area contributed by atoms with Crippen molar-refractivity contribution in [2.75, 3.05) is 46.1 Å². The summed E-state index contributed by atoms with van der Waals surface area (Å²) >= 11 is 0. The molecule has 1 saturated heterocycles. The third-order valence-corrected chi connectivity index (χ3v) is 6.07. The molecule has 146 valence electrons. The summed E-state index contributed by atoms with van der Waals surface area (Å²) in [7, 11) is -3.70. The van der Waals surface area contributed by atoms with Gasteiger partial charge in [-0.15, -0.1) is 0 Å². The highest BCUT2D eigenvalue weighted by Gasteiger charge is 2.27. The molecule has 4 rings (SSSR count). The molecule has 1 atom stereocenters. The number of ether oxygens (including phenoxy) is 3. The number of nitrogens with one attached hydrogen (secondary N) is 1. The Morgan fingerprint density at radius 3 is 2.56 bits per heavy atom. The van der Waals surface area contributed by atoms with Gasteiger partial charge in [-0.25, -0.2) is 13.1 Å². The number of morpholine rings is 1. The van der Waals surface area contributed by atoms with E-state index in [1.807, 2.05) is 6.07 Å². The first-order chi connectivity index (χ1) is 13.1. The molecular weight excluding hydrogens is 372 g/mol. The lowest BCUT2D eigenvalue weighted by Crippen LogP contribution is -2.43. The molecule has 0 bridgehead atoms. The van der Waals surface area contributed by atoms with Crippen molar-refractivity contribution >= 4 is 10.0 Å². The van der Waals surface area contributed by atoms with Gasteiger partial charge in [-0.3, -0.25) is 4.90 Å². The minimum Gasteiger partial charge on any atom is -0.486 e. The van der Waals surface area contributed by atoms with Crippen LogP contribution in [-0.2, 0) is 14.8 Å². The van der Waals surface area contributed by atoms with E-state index in [2.05, 4.69) is 9.62 Å². The first kappa shape index (κ1) is 18.3. The van der Waals surface area contributed by atoms with Crippen LogP contribution in [0.15, 0.2) is 45.9 Å². The lowest BCUT2D eigenvalue weighted by Gasteiger charge is -2.33. The smallest absolute Gasteiger partial charge is 0.240 e. The zero-order valence-electron chi connectivity index (χ0n) is 14.8. The van der Waals surface area contributed by atoms with E-state index in [0.29, 0.717) is 37.9 Å². The highest BCUT2D eigenvalue weighted by molar-refractivity contribution is 7.89. The third-order valence-electron chi connectivity index (χ3n) is 4.65. The molecule has 0 saturated carbocycles. The van der Waals surface area contributed by atoms with Crippen LogP contribution >= 0.6 is 0 Å². The number of nitrogens with zero attached hydrogens (tertiary/aromatic N) is 1. The third kappa shape index (κ3) is 4.11. The van der Waals surface area contributed by atoms with E-state index >= 15 is 0 Å². The zero-order chi connectivity index (χ0) is 18.7. The summed E-state index contributed by atoms with van der Waals surface area (Å²) in [4.78, 5) is 2.31. The summed E-state index contributed by atoms with van der Waals surface area (Å²) < 4.78 is 50.2. The lowest BCUT2D eigenvalue weighted by atomic mass is 10.2. The second-order valence-electron chi connectivity index (χ2n) is 6.34. The number of rotatable bonds is 6. The number of hydrogen-bond donors (Lipinski definition) is 1. The normalized spacial score (nSPS) is 19.0. The Morgan fingerprint density at radius 2 is 1.81 bits per heavy atom. The Labute approximate surface area is 158 Å². The Morgan fingerprint density at radius 1 is 1.04 bits per heavy atom. The van der Waals surface area contributed by atoms with Gasteiger partial charge in [-0.1, -0.05) is 0 Å². The topological polar surface area (TPSA) is 90.2 Å². The predicted molar refractivity (Wildman–Crippen MR) is 96.5 cm³/mol. The first-order valence-electron chi connectivity index (χ1n) is 8.88. The molecule has 2 aliphatic rings. The second-order valence-corrected chi connectivity index (χ2v) is 8.10. The molecule has 1 aromatic carbocycles. The van der Waals surface area contributed by atoms with Crippen molar-refractivity contribution < 1.29 is 27.0 Å². The van der Waals surface area contributed by atoms with Gasteiger partial charge in [-0.2, -0.15) is 0 Å². The van der Waals surface area contributed by atoms with Gasteiger partial charge in [0.05, 0.1) is 30.4 Å². The van der Waals surface area contributed by atoms with Crippen LogP contribution in [0.2, 0.25) is 0 Å². The molecule has 1 fully saturated rings. The molecular formula is C18H22N2O6S. The van der Waals surface area contributed by atoms with Gasteiger partial charge in [0.25, 0.3) is 0 Å². The summed E-state index contributed by atoms with van der Waals surface area (Å²) in [6, 6.07) is 8.10. The molecule has 3 heterocycles. The van der Waals surface area contributed by atoms with Gasteiger partial charge in [0, 0.05) is 25.7 Å². The van der Waals surface area contributed by atoms with E-state index in [1.165, 1.54) is 12.1 Å². The monoisotopic (exact) mass is 394 g/mol. The van der Waals surface area contributed by atoms with Crippen LogP contribution in [0.1, 0.15) is 11.8 Å². The maximum absolute atomic E-state index is 12.8. The van der Waals surface area contributed by atoms with Crippen LogP contribution < -0.4 is 14.2 Å². The largest absolute Gasteiger partial charge is 0.486 e. The molecule has 9 heteroatoms. The number of hydrogen-bond acceptors (Lipinski definition) is 7. The van der Waals surface area contributed by atoms with E-state index in [1.54, 1.807) is 18.4 Å². The molecule has 8 nitrogen and oxygen atoms in total. The van der Waals surface area contributed by atoms with E-state index in [0.717, 1.165) is 18.8 Å². The summed E-state index contributed by atoms with van der Waals surface area (Å²) in [5.41, 5.74) is 0. The molecule has 27 heavy (non-hydrogen) atoms. The van der Waals surface area contributed by atoms with E-state index < -0.39 is 10.0 Å². The molecule has 0 unspecified atom stereocenters. The van der Waals surface area contributed by atoms with E-state index in [9.17, 15) is 8.42 Å². The van der Waals surface area contributed by atoms with Crippen molar-refractivity contribution in [1.29, 1.82) is 0 Å². The Balaban J connectivity index is 1.51. The van der Waals surface area contributed by atoms with Crippen molar-refractivity contribution in [3.8, 4) is 11.5 Å². The minimum absolute atomic E-state index is 0.145. The molecule has 0 aliphatic carbocycles. The summed E-state index contributed by atoms with van der Waals surface area (Å²) in [5, 5.41) is 0. The molecule has 2 aliphatic heterocycles. The van der Waals surface area contributed by atoms with Crippen molar-refractivity contribution in [2.45, 2.75) is 10.9 Å². The van der Waals surface area contributed by atoms with Gasteiger partial charge in [0.2, 0.25) is 10.0 Å². The van der Waals surface area contributed by atoms with Gasteiger partial charge in [-0.05, 0) is 24.3 Å². The summed E-state index contributed by atoms with van der Waals surface area (Å²) in [5.74, 6) is 1.73. The highest BCUT2D eigenvalue weighted by atomic mass is 32.2. The quantitative estimate of drug-likeness (QED) is 0.792. The second kappa shape index (κ2) is 7.89. The molecule has 1 aromatic heterocycles. The average Bonchev–Trinajstić information content (AvgIpc) is 3.23. The Kier molecular flexibility index (Phi) is 5.35. The summed E-state index contributed by atoms with van der Waals surface area (Å²) in [6.07, 6.45) is 1.60. The van der Waals surface area contributed by atoms with Gasteiger partial charge < -0.3 is 18.6 Å². The summed E-state index contributed by atoms with van der Waals surface area (Å²) in [6.45, 7) is 3.74. The van der Waals surface area contributed by atoms with E-state index in [-0.39, 0.29) is 17.5 Å². The number of benzene rings is 1. The minimum atomic E-state index is -3.70. The zero-order valence-corrected chi connectivity index (χ0v) is 15.6. The number of furan rings is 1. The standard InChI is InChI=1S/C18H22N2O6S/c21-27(22,14-3-4-17-18(12-14)26-11-10-25-17)19-13-15(16-2-1-7-24-16)20-5-8-23-9-6-20/h1-4,7,12,15,19H,5-6,8-11,13H2/t15-/m1/s1. The van der Waals surface area contributed by atoms with Gasteiger partial charge in [0.15, 0.2) is 11.5 Å². The predicted octanol–water partition coefficient (Wildman–Crippen LogP) is 1.40. The SMILES string of the molecule is O=S(=O)(NC[C@H](c1ccco1)N1CCOCC1)c1ccc2c(c1)OCCO2. The van der Waals surface area contributed by atoms with Crippen LogP contribution in [-0.4, -0.2) is 59.4 Å². The number of fused-ring (bicyclic) bond motifs is 1. The van der Waals surface area contributed by atoms with Crippen molar-refractivity contribution in [2.24, 2.45) is 0 Å². The fourth-order valence-corrected chi connectivity index (χ4v) is 4.30. The van der Waals surface area contributed by atoms with Crippen molar-refractivity contribution in [1.82, 2.24) is 9.62 Å². The van der Waals surface area contributed by atoms with Crippen molar-refractivity contribution in [3.63, 3.8) is 0 Å². The highest BCUT2D eigenvalue weighted by Crippen LogP contribution is 2.32. The average molecular weight is 394 g/mol. The van der Waals surface area contributed by atoms with Crippen LogP contribution in [0.4, 0.5) is 0 Å². The first-order valence-corrected chi connectivity index (χ1v) is 10.4.